The van der Waals surface area contributed by atoms with Crippen molar-refractivity contribution in [3.8, 4) is 5.75 Å². The highest BCUT2D eigenvalue weighted by Crippen LogP contribution is 2.27. The standard InChI is InChI=1S/C20H19N5O2S/c1-11-5-4-6-15(12(11)2)21-17(26)10-28-20-23-19-18(24-25-20)14-9-13(27-3)7-8-16(14)22-19/h4-9H,10H2,1-3H3,(H,21,26)(H,22,23,25). The highest BCUT2D eigenvalue weighted by atomic mass is 32.2. The molecule has 0 spiro atoms. The van der Waals surface area contributed by atoms with Crippen molar-refractivity contribution in [2.75, 3.05) is 18.2 Å². The third-order valence-electron chi connectivity index (χ3n) is 4.61. The van der Waals surface area contributed by atoms with E-state index in [-0.39, 0.29) is 11.7 Å². The number of benzene rings is 2. The minimum absolute atomic E-state index is 0.108. The topological polar surface area (TPSA) is 92.8 Å². The van der Waals surface area contributed by atoms with E-state index in [1.165, 1.54) is 11.8 Å². The summed E-state index contributed by atoms with van der Waals surface area (Å²) in [6, 6.07) is 11.5. The predicted octanol–water partition coefficient (Wildman–Crippen LogP) is 3.86. The second-order valence-electron chi connectivity index (χ2n) is 6.41. The van der Waals surface area contributed by atoms with E-state index in [1.807, 2.05) is 50.2 Å². The first-order chi connectivity index (χ1) is 13.5. The Balaban J connectivity index is 1.49. The maximum atomic E-state index is 12.3. The number of aromatic nitrogens is 4. The van der Waals surface area contributed by atoms with Crippen LogP contribution in [0, 0.1) is 13.8 Å². The number of amides is 1. The van der Waals surface area contributed by atoms with Crippen LogP contribution in [-0.4, -0.2) is 38.9 Å². The van der Waals surface area contributed by atoms with Gasteiger partial charge in [0.15, 0.2) is 5.65 Å². The molecule has 2 aromatic carbocycles. The van der Waals surface area contributed by atoms with Gasteiger partial charge in [0.1, 0.15) is 11.3 Å². The van der Waals surface area contributed by atoms with Crippen molar-refractivity contribution in [1.82, 2.24) is 20.2 Å². The first-order valence-corrected chi connectivity index (χ1v) is 9.72. The van der Waals surface area contributed by atoms with Gasteiger partial charge in [0.25, 0.3) is 0 Å². The van der Waals surface area contributed by atoms with E-state index in [4.69, 9.17) is 4.74 Å². The number of anilines is 1. The van der Waals surface area contributed by atoms with Gasteiger partial charge >= 0.3 is 0 Å². The van der Waals surface area contributed by atoms with Crippen LogP contribution in [0.15, 0.2) is 41.6 Å². The van der Waals surface area contributed by atoms with Crippen molar-refractivity contribution in [2.45, 2.75) is 19.0 Å². The van der Waals surface area contributed by atoms with Gasteiger partial charge in [-0.1, -0.05) is 23.9 Å². The lowest BCUT2D eigenvalue weighted by Crippen LogP contribution is -2.15. The molecule has 0 aliphatic heterocycles. The number of thioether (sulfide) groups is 1. The van der Waals surface area contributed by atoms with E-state index in [1.54, 1.807) is 7.11 Å². The third kappa shape index (κ3) is 3.50. The predicted molar refractivity (Wildman–Crippen MR) is 111 cm³/mol. The summed E-state index contributed by atoms with van der Waals surface area (Å²) in [7, 11) is 1.62. The van der Waals surface area contributed by atoms with Crippen LogP contribution in [-0.2, 0) is 4.79 Å². The van der Waals surface area contributed by atoms with Gasteiger partial charge in [0.05, 0.1) is 12.9 Å². The number of hydrogen-bond acceptors (Lipinski definition) is 6. The molecule has 0 atom stereocenters. The summed E-state index contributed by atoms with van der Waals surface area (Å²) in [4.78, 5) is 20.0. The molecule has 7 nitrogen and oxygen atoms in total. The van der Waals surface area contributed by atoms with E-state index in [0.29, 0.717) is 16.3 Å². The van der Waals surface area contributed by atoms with Crippen LogP contribution in [0.4, 0.5) is 5.69 Å². The summed E-state index contributed by atoms with van der Waals surface area (Å²) < 4.78 is 5.26. The molecule has 142 valence electrons. The van der Waals surface area contributed by atoms with Gasteiger partial charge < -0.3 is 15.0 Å². The molecule has 28 heavy (non-hydrogen) atoms. The molecule has 2 heterocycles. The first kappa shape index (κ1) is 18.2. The Kier molecular flexibility index (Phi) is 4.87. The minimum atomic E-state index is -0.108. The van der Waals surface area contributed by atoms with Gasteiger partial charge in [-0.25, -0.2) is 4.98 Å². The Labute approximate surface area is 165 Å². The van der Waals surface area contributed by atoms with Crippen LogP contribution in [0.5, 0.6) is 5.75 Å². The molecule has 2 aromatic heterocycles. The molecule has 2 N–H and O–H groups in total. The fourth-order valence-electron chi connectivity index (χ4n) is 2.93. The lowest BCUT2D eigenvalue weighted by molar-refractivity contribution is -0.113. The van der Waals surface area contributed by atoms with E-state index in [9.17, 15) is 4.79 Å². The van der Waals surface area contributed by atoms with E-state index < -0.39 is 0 Å². The van der Waals surface area contributed by atoms with Crippen molar-refractivity contribution in [3.05, 3.63) is 47.5 Å². The Bertz CT molecular complexity index is 1190. The van der Waals surface area contributed by atoms with Crippen LogP contribution in [0.1, 0.15) is 11.1 Å². The smallest absolute Gasteiger partial charge is 0.234 e. The molecule has 0 saturated heterocycles. The fraction of sp³-hybridized carbons (Fsp3) is 0.200. The molecular weight excluding hydrogens is 374 g/mol. The molecule has 4 rings (SSSR count). The van der Waals surface area contributed by atoms with E-state index in [2.05, 4.69) is 25.5 Å². The second kappa shape index (κ2) is 7.47. The molecule has 0 radical (unpaired) electrons. The maximum Gasteiger partial charge on any atom is 0.234 e. The molecule has 8 heteroatoms. The largest absolute Gasteiger partial charge is 0.497 e. The molecule has 0 bridgehead atoms. The van der Waals surface area contributed by atoms with Gasteiger partial charge in [0.2, 0.25) is 11.1 Å². The SMILES string of the molecule is COc1ccc2[nH]c3nc(SCC(=O)Nc4cccc(C)c4C)nnc3c2c1. The summed E-state index contributed by atoms with van der Waals surface area (Å²) in [5, 5.41) is 12.7. The number of H-pyrrole nitrogens is 1. The number of aryl methyl sites for hydroxylation is 1. The van der Waals surface area contributed by atoms with Crippen LogP contribution in [0.2, 0.25) is 0 Å². The molecule has 0 saturated carbocycles. The lowest BCUT2D eigenvalue weighted by atomic mass is 10.1. The number of ether oxygens (including phenoxy) is 1. The Morgan fingerprint density at radius 1 is 1.21 bits per heavy atom. The molecule has 0 unspecified atom stereocenters. The van der Waals surface area contributed by atoms with Gasteiger partial charge in [0, 0.05) is 16.6 Å². The van der Waals surface area contributed by atoms with Crippen LogP contribution >= 0.6 is 11.8 Å². The zero-order chi connectivity index (χ0) is 19.7. The number of hydrogen-bond donors (Lipinski definition) is 2. The quantitative estimate of drug-likeness (QED) is 0.500. The lowest BCUT2D eigenvalue weighted by Gasteiger charge is -2.09. The average Bonchev–Trinajstić information content (AvgIpc) is 3.06. The zero-order valence-electron chi connectivity index (χ0n) is 15.7. The Morgan fingerprint density at radius 3 is 2.89 bits per heavy atom. The molecule has 0 fully saturated rings. The van der Waals surface area contributed by atoms with E-state index >= 15 is 0 Å². The summed E-state index contributed by atoms with van der Waals surface area (Å²) >= 11 is 1.25. The van der Waals surface area contributed by atoms with Crippen molar-refractivity contribution >= 4 is 45.4 Å². The van der Waals surface area contributed by atoms with Gasteiger partial charge in [-0.15, -0.1) is 10.2 Å². The molecular formula is C20H19N5O2S. The molecule has 4 aromatic rings. The van der Waals surface area contributed by atoms with Crippen molar-refractivity contribution in [1.29, 1.82) is 0 Å². The maximum absolute atomic E-state index is 12.3. The minimum Gasteiger partial charge on any atom is -0.497 e. The number of rotatable bonds is 5. The number of nitrogens with zero attached hydrogens (tertiary/aromatic N) is 3. The van der Waals surface area contributed by atoms with Crippen molar-refractivity contribution in [2.24, 2.45) is 0 Å². The molecule has 0 aliphatic rings. The normalized spacial score (nSPS) is 11.1. The number of aromatic amines is 1. The van der Waals surface area contributed by atoms with Gasteiger partial charge in [-0.3, -0.25) is 4.79 Å². The first-order valence-electron chi connectivity index (χ1n) is 8.74. The van der Waals surface area contributed by atoms with Crippen LogP contribution in [0.25, 0.3) is 22.1 Å². The highest BCUT2D eigenvalue weighted by Gasteiger charge is 2.12. The zero-order valence-corrected chi connectivity index (χ0v) is 16.6. The highest BCUT2D eigenvalue weighted by molar-refractivity contribution is 7.99. The van der Waals surface area contributed by atoms with Crippen LogP contribution < -0.4 is 10.1 Å². The Morgan fingerprint density at radius 2 is 2.07 bits per heavy atom. The summed E-state index contributed by atoms with van der Waals surface area (Å²) in [5.41, 5.74) is 5.25. The number of nitrogens with one attached hydrogen (secondary N) is 2. The second-order valence-corrected chi connectivity index (χ2v) is 7.35. The molecule has 0 aliphatic carbocycles. The molecule has 1 amide bonds. The number of fused-ring (bicyclic) bond motifs is 3. The van der Waals surface area contributed by atoms with Crippen LogP contribution in [0.3, 0.4) is 0 Å². The summed E-state index contributed by atoms with van der Waals surface area (Å²) in [6.07, 6.45) is 0. The average molecular weight is 393 g/mol. The Hall–Kier alpha value is -3.13. The summed E-state index contributed by atoms with van der Waals surface area (Å²) in [5.74, 6) is 0.842. The van der Waals surface area contributed by atoms with Crippen molar-refractivity contribution in [3.63, 3.8) is 0 Å². The van der Waals surface area contributed by atoms with E-state index in [0.717, 1.165) is 33.5 Å². The number of carbonyl (C=O) groups is 1. The summed E-state index contributed by atoms with van der Waals surface area (Å²) in [6.45, 7) is 4.01. The van der Waals surface area contributed by atoms with Crippen molar-refractivity contribution < 1.29 is 9.53 Å². The number of carbonyl (C=O) groups excluding carboxylic acids is 1. The number of methoxy groups -OCH3 is 1. The van der Waals surface area contributed by atoms with Gasteiger partial charge in [-0.2, -0.15) is 0 Å². The fourth-order valence-corrected chi connectivity index (χ4v) is 3.51. The third-order valence-corrected chi connectivity index (χ3v) is 5.45. The monoisotopic (exact) mass is 393 g/mol. The van der Waals surface area contributed by atoms with Gasteiger partial charge in [-0.05, 0) is 49.2 Å².